The van der Waals surface area contributed by atoms with Crippen LogP contribution in [0.25, 0.3) is 0 Å². The Morgan fingerprint density at radius 3 is 2.55 bits per heavy atom. The van der Waals surface area contributed by atoms with Gasteiger partial charge < -0.3 is 19.3 Å². The second-order valence-corrected chi connectivity index (χ2v) is 9.59. The fourth-order valence-electron chi connectivity index (χ4n) is 4.50. The summed E-state index contributed by atoms with van der Waals surface area (Å²) in [7, 11) is 0.681. The van der Waals surface area contributed by atoms with Crippen LogP contribution in [-0.4, -0.2) is 58.7 Å². The first kappa shape index (κ1) is 21.6. The number of likely N-dealkylation sites (tertiary alicyclic amines) is 1. The zero-order valence-electron chi connectivity index (χ0n) is 17.7. The van der Waals surface area contributed by atoms with Crippen LogP contribution in [-0.2, 0) is 15.6 Å². The van der Waals surface area contributed by atoms with Crippen molar-refractivity contribution in [1.29, 1.82) is 0 Å². The van der Waals surface area contributed by atoms with Gasteiger partial charge in [-0.25, -0.2) is 0 Å². The van der Waals surface area contributed by atoms with Gasteiger partial charge in [-0.15, -0.1) is 0 Å². The molecular weight excluding hydrogens is 418 g/mol. The number of rotatable bonds is 8. The number of benzene rings is 2. The van der Waals surface area contributed by atoms with E-state index in [1.807, 2.05) is 49.4 Å². The standard InChI is InChI=1S/C23H27NO6S/c1-3-31(27)11-10-24-13-18(16-6-9-19-20(12-16)30-14-29-19)21(23(25)26)22(24)15-4-7-17(28-2)8-5-15/h4-9,12,18,21-22H,3,10-11,13-14H2,1-2H3,(H,25,26)/t18-,21+,22-,31?/m1/s1. The van der Waals surface area contributed by atoms with Gasteiger partial charge in [-0.1, -0.05) is 25.1 Å². The third kappa shape index (κ3) is 4.41. The average Bonchev–Trinajstić information content (AvgIpc) is 3.41. The Labute approximate surface area is 184 Å². The molecular formula is C23H27NO6S. The summed E-state index contributed by atoms with van der Waals surface area (Å²) in [6.07, 6.45) is 0. The van der Waals surface area contributed by atoms with Crippen LogP contribution in [0.5, 0.6) is 17.2 Å². The van der Waals surface area contributed by atoms with Gasteiger partial charge in [0.05, 0.1) is 13.0 Å². The predicted molar refractivity (Wildman–Crippen MR) is 117 cm³/mol. The first-order valence-corrected chi connectivity index (χ1v) is 11.9. The summed E-state index contributed by atoms with van der Waals surface area (Å²) in [6, 6.07) is 12.9. The maximum Gasteiger partial charge on any atom is 0.309 e. The molecule has 0 spiro atoms. The number of carboxylic acids is 1. The number of nitrogens with zero attached hydrogens (tertiary/aromatic N) is 1. The molecule has 1 unspecified atom stereocenters. The molecule has 0 bridgehead atoms. The molecule has 4 rings (SSSR count). The van der Waals surface area contributed by atoms with Crippen molar-refractivity contribution in [3.63, 3.8) is 0 Å². The van der Waals surface area contributed by atoms with E-state index in [2.05, 4.69) is 4.90 Å². The minimum Gasteiger partial charge on any atom is -0.497 e. The number of aliphatic carboxylic acids is 1. The van der Waals surface area contributed by atoms with Crippen molar-refractivity contribution in [1.82, 2.24) is 4.90 Å². The molecule has 4 atom stereocenters. The highest BCUT2D eigenvalue weighted by Gasteiger charge is 2.47. The number of carbonyl (C=O) groups is 1. The summed E-state index contributed by atoms with van der Waals surface area (Å²) in [6.45, 7) is 3.21. The van der Waals surface area contributed by atoms with Crippen LogP contribution in [0.1, 0.15) is 30.0 Å². The van der Waals surface area contributed by atoms with E-state index >= 15 is 0 Å². The molecule has 2 heterocycles. The first-order valence-electron chi connectivity index (χ1n) is 10.4. The quantitative estimate of drug-likeness (QED) is 0.668. The second-order valence-electron chi connectivity index (χ2n) is 7.73. The zero-order chi connectivity index (χ0) is 22.0. The van der Waals surface area contributed by atoms with Gasteiger partial charge in [-0.3, -0.25) is 13.9 Å². The smallest absolute Gasteiger partial charge is 0.309 e. The molecule has 0 radical (unpaired) electrons. The van der Waals surface area contributed by atoms with Gasteiger partial charge in [0.25, 0.3) is 0 Å². The number of hydrogen-bond donors (Lipinski definition) is 1. The minimum absolute atomic E-state index is 0.176. The third-order valence-corrected chi connectivity index (χ3v) is 7.38. The summed E-state index contributed by atoms with van der Waals surface area (Å²) < 4.78 is 28.3. The largest absolute Gasteiger partial charge is 0.497 e. The van der Waals surface area contributed by atoms with Crippen LogP contribution >= 0.6 is 0 Å². The number of methoxy groups -OCH3 is 1. The van der Waals surface area contributed by atoms with E-state index in [9.17, 15) is 14.1 Å². The molecule has 31 heavy (non-hydrogen) atoms. The normalized spacial score (nSPS) is 23.6. The topological polar surface area (TPSA) is 85.3 Å². The van der Waals surface area contributed by atoms with E-state index < -0.39 is 22.7 Å². The fourth-order valence-corrected chi connectivity index (χ4v) is 5.23. The summed E-state index contributed by atoms with van der Waals surface area (Å²) >= 11 is 0. The molecule has 0 saturated carbocycles. The summed E-state index contributed by atoms with van der Waals surface area (Å²) in [5, 5.41) is 10.2. The minimum atomic E-state index is -0.923. The highest BCUT2D eigenvalue weighted by molar-refractivity contribution is 7.84. The van der Waals surface area contributed by atoms with Gasteiger partial charge in [-0.05, 0) is 35.4 Å². The number of carboxylic acid groups (broad SMARTS) is 1. The summed E-state index contributed by atoms with van der Waals surface area (Å²) in [4.78, 5) is 14.7. The van der Waals surface area contributed by atoms with Crippen LogP contribution in [0.15, 0.2) is 42.5 Å². The Balaban J connectivity index is 1.70. The lowest BCUT2D eigenvalue weighted by Gasteiger charge is -2.27. The maximum absolute atomic E-state index is 12.5. The Kier molecular flexibility index (Phi) is 6.48. The van der Waals surface area contributed by atoms with Gasteiger partial charge in [0.15, 0.2) is 11.5 Å². The van der Waals surface area contributed by atoms with Crippen molar-refractivity contribution >= 4 is 16.8 Å². The van der Waals surface area contributed by atoms with E-state index in [0.29, 0.717) is 36.1 Å². The first-order chi connectivity index (χ1) is 15.0. The van der Waals surface area contributed by atoms with Crippen molar-refractivity contribution in [2.45, 2.75) is 18.9 Å². The number of hydrogen-bond acceptors (Lipinski definition) is 6. The molecule has 0 aromatic heterocycles. The highest BCUT2D eigenvalue weighted by Crippen LogP contribution is 2.47. The molecule has 7 nitrogen and oxygen atoms in total. The Hall–Kier alpha value is -2.58. The molecule has 2 aliphatic rings. The highest BCUT2D eigenvalue weighted by atomic mass is 32.2. The maximum atomic E-state index is 12.5. The molecule has 0 aliphatic carbocycles. The molecule has 1 saturated heterocycles. The number of fused-ring (bicyclic) bond motifs is 1. The molecule has 2 aromatic carbocycles. The monoisotopic (exact) mass is 445 g/mol. The van der Waals surface area contributed by atoms with E-state index in [-0.39, 0.29) is 18.8 Å². The van der Waals surface area contributed by atoms with E-state index in [1.165, 1.54) is 0 Å². The Bertz CT molecular complexity index is 963. The van der Waals surface area contributed by atoms with Gasteiger partial charge in [0, 0.05) is 47.4 Å². The van der Waals surface area contributed by atoms with Crippen molar-refractivity contribution in [2.24, 2.45) is 5.92 Å². The van der Waals surface area contributed by atoms with E-state index in [1.54, 1.807) is 7.11 Å². The van der Waals surface area contributed by atoms with Gasteiger partial charge >= 0.3 is 5.97 Å². The van der Waals surface area contributed by atoms with Crippen LogP contribution < -0.4 is 14.2 Å². The van der Waals surface area contributed by atoms with Gasteiger partial charge in [0.2, 0.25) is 6.79 Å². The van der Waals surface area contributed by atoms with E-state index in [4.69, 9.17) is 14.2 Å². The van der Waals surface area contributed by atoms with Crippen molar-refractivity contribution in [3.8, 4) is 17.2 Å². The average molecular weight is 446 g/mol. The van der Waals surface area contributed by atoms with Gasteiger partial charge in [-0.2, -0.15) is 0 Å². The van der Waals surface area contributed by atoms with Crippen molar-refractivity contribution in [3.05, 3.63) is 53.6 Å². The lowest BCUT2D eigenvalue weighted by Crippen LogP contribution is -2.31. The second kappa shape index (κ2) is 9.28. The third-order valence-electron chi connectivity index (χ3n) is 6.09. The SMILES string of the molecule is CCS(=O)CCN1C[C@H](c2ccc3c(c2)OCO3)[C@H](C(=O)O)[C@H]1c1ccc(OC)cc1. The number of ether oxygens (including phenoxy) is 3. The summed E-state index contributed by atoms with van der Waals surface area (Å²) in [5.74, 6) is 1.43. The molecule has 2 aromatic rings. The van der Waals surface area contributed by atoms with Crippen LogP contribution in [0.4, 0.5) is 0 Å². The fraction of sp³-hybridized carbons (Fsp3) is 0.435. The van der Waals surface area contributed by atoms with Crippen molar-refractivity contribution < 1.29 is 28.3 Å². The molecule has 1 N–H and O–H groups in total. The van der Waals surface area contributed by atoms with Crippen LogP contribution in [0.2, 0.25) is 0 Å². The van der Waals surface area contributed by atoms with Gasteiger partial charge in [0.1, 0.15) is 5.75 Å². The molecule has 0 amide bonds. The van der Waals surface area contributed by atoms with Crippen molar-refractivity contribution in [2.75, 3.05) is 38.5 Å². The zero-order valence-corrected chi connectivity index (χ0v) is 18.5. The Morgan fingerprint density at radius 1 is 1.16 bits per heavy atom. The molecule has 8 heteroatoms. The Morgan fingerprint density at radius 2 is 1.87 bits per heavy atom. The lowest BCUT2D eigenvalue weighted by molar-refractivity contribution is -0.143. The molecule has 1 fully saturated rings. The molecule has 166 valence electrons. The van der Waals surface area contributed by atoms with E-state index in [0.717, 1.165) is 16.9 Å². The summed E-state index contributed by atoms with van der Waals surface area (Å²) in [5.41, 5.74) is 1.83. The van der Waals surface area contributed by atoms with Crippen LogP contribution in [0.3, 0.4) is 0 Å². The molecule has 2 aliphatic heterocycles. The van der Waals surface area contributed by atoms with Crippen LogP contribution in [0, 0.1) is 5.92 Å². The predicted octanol–water partition coefficient (Wildman–Crippen LogP) is 3.03. The lowest BCUT2D eigenvalue weighted by atomic mass is 9.83.